The number of carbonyl (C=O) groups is 2. The number of nitriles is 1. The minimum absolute atomic E-state index is 0.134. The van der Waals surface area contributed by atoms with Crippen LogP contribution in [0.5, 0.6) is 0 Å². The smallest absolute Gasteiger partial charge is 0.252 e. The molecule has 1 saturated heterocycles. The van der Waals surface area contributed by atoms with Crippen molar-refractivity contribution in [2.45, 2.75) is 35.6 Å². The van der Waals surface area contributed by atoms with E-state index in [1.807, 2.05) is 12.1 Å². The van der Waals surface area contributed by atoms with Crippen LogP contribution in [0.15, 0.2) is 58.3 Å². The van der Waals surface area contributed by atoms with E-state index in [1.54, 1.807) is 24.3 Å². The Bertz CT molecular complexity index is 1120. The molecule has 8 nitrogen and oxygen atoms in total. The van der Waals surface area contributed by atoms with Crippen LogP contribution in [0.3, 0.4) is 0 Å². The molecule has 2 aromatic carbocycles. The maximum Gasteiger partial charge on any atom is 0.252 e. The SMILES string of the molecule is CC(=O)Nc1ccc(S(=O)(=O)N2CCC(NC(=O)c3ccccc3SCC#N)CC2)cc1. The van der Waals surface area contributed by atoms with Gasteiger partial charge in [0.25, 0.3) is 5.91 Å². The van der Waals surface area contributed by atoms with Gasteiger partial charge in [0.2, 0.25) is 15.9 Å². The summed E-state index contributed by atoms with van der Waals surface area (Å²) >= 11 is 1.31. The van der Waals surface area contributed by atoms with Crippen LogP contribution in [0, 0.1) is 11.3 Å². The van der Waals surface area contributed by atoms with Gasteiger partial charge in [-0.25, -0.2) is 8.42 Å². The zero-order valence-electron chi connectivity index (χ0n) is 17.6. The molecule has 0 atom stereocenters. The van der Waals surface area contributed by atoms with Crippen molar-refractivity contribution in [2.24, 2.45) is 0 Å². The molecule has 0 saturated carbocycles. The van der Waals surface area contributed by atoms with Crippen LogP contribution in [0.2, 0.25) is 0 Å². The molecule has 168 valence electrons. The topological polar surface area (TPSA) is 119 Å². The van der Waals surface area contributed by atoms with Crippen LogP contribution < -0.4 is 10.6 Å². The maximum atomic E-state index is 12.9. The van der Waals surface area contributed by atoms with Crippen LogP contribution in [-0.2, 0) is 14.8 Å². The summed E-state index contributed by atoms with van der Waals surface area (Å²) < 4.78 is 27.3. The molecule has 1 fully saturated rings. The number of hydrogen-bond donors (Lipinski definition) is 2. The third kappa shape index (κ3) is 5.88. The Morgan fingerprint density at radius 3 is 2.41 bits per heavy atom. The van der Waals surface area contributed by atoms with E-state index >= 15 is 0 Å². The molecule has 2 amide bonds. The highest BCUT2D eigenvalue weighted by Crippen LogP contribution is 2.24. The fourth-order valence-corrected chi connectivity index (χ4v) is 5.64. The van der Waals surface area contributed by atoms with Gasteiger partial charge in [0.15, 0.2) is 0 Å². The van der Waals surface area contributed by atoms with Gasteiger partial charge < -0.3 is 10.6 Å². The van der Waals surface area contributed by atoms with Crippen molar-refractivity contribution in [3.8, 4) is 6.07 Å². The number of thioether (sulfide) groups is 1. The second-order valence-corrected chi connectivity index (χ2v) is 10.3. The molecule has 0 aromatic heterocycles. The number of carbonyl (C=O) groups excluding carboxylic acids is 2. The van der Waals surface area contributed by atoms with Gasteiger partial charge in [0.05, 0.1) is 22.3 Å². The quantitative estimate of drug-likeness (QED) is 0.598. The molecule has 1 heterocycles. The Hall–Kier alpha value is -2.87. The second-order valence-electron chi connectivity index (χ2n) is 7.30. The average molecular weight is 473 g/mol. The lowest BCUT2D eigenvalue weighted by Crippen LogP contribution is -2.46. The number of rotatable bonds is 7. The molecule has 0 aliphatic carbocycles. The van der Waals surface area contributed by atoms with Crippen molar-refractivity contribution in [1.29, 1.82) is 5.26 Å². The summed E-state index contributed by atoms with van der Waals surface area (Å²) in [5.41, 5.74) is 1.05. The summed E-state index contributed by atoms with van der Waals surface area (Å²) in [5, 5.41) is 14.4. The fourth-order valence-electron chi connectivity index (χ4n) is 3.46. The highest BCUT2D eigenvalue weighted by Gasteiger charge is 2.30. The fraction of sp³-hybridized carbons (Fsp3) is 0.318. The van der Waals surface area contributed by atoms with Crippen molar-refractivity contribution in [3.63, 3.8) is 0 Å². The standard InChI is InChI=1S/C22H24N4O4S2/c1-16(27)24-17-6-8-19(9-7-17)32(29,30)26-13-10-18(11-14-26)25-22(28)20-4-2-3-5-21(20)31-15-12-23/h2-9,18H,10-11,13-15H2,1H3,(H,24,27)(H,25,28). The van der Waals surface area contributed by atoms with Gasteiger partial charge in [-0.05, 0) is 49.2 Å². The van der Waals surface area contributed by atoms with Gasteiger partial charge >= 0.3 is 0 Å². The highest BCUT2D eigenvalue weighted by molar-refractivity contribution is 7.99. The van der Waals surface area contributed by atoms with E-state index in [-0.39, 0.29) is 28.5 Å². The Morgan fingerprint density at radius 2 is 1.78 bits per heavy atom. The van der Waals surface area contributed by atoms with Gasteiger partial charge in [0.1, 0.15) is 0 Å². The van der Waals surface area contributed by atoms with Crippen molar-refractivity contribution in [1.82, 2.24) is 9.62 Å². The molecule has 0 bridgehead atoms. The minimum Gasteiger partial charge on any atom is -0.349 e. The molecular weight excluding hydrogens is 448 g/mol. The van der Waals surface area contributed by atoms with Crippen molar-refractivity contribution in [3.05, 3.63) is 54.1 Å². The molecule has 0 unspecified atom stereocenters. The first-order chi connectivity index (χ1) is 15.3. The van der Waals surface area contributed by atoms with Crippen LogP contribution in [0.25, 0.3) is 0 Å². The normalized spacial score (nSPS) is 15.0. The molecule has 2 N–H and O–H groups in total. The molecule has 32 heavy (non-hydrogen) atoms. The van der Waals surface area contributed by atoms with Crippen LogP contribution in [0.4, 0.5) is 5.69 Å². The number of nitrogens with one attached hydrogen (secondary N) is 2. The molecule has 2 aromatic rings. The molecule has 3 rings (SSSR count). The molecule has 10 heteroatoms. The highest BCUT2D eigenvalue weighted by atomic mass is 32.2. The second kappa shape index (κ2) is 10.6. The largest absolute Gasteiger partial charge is 0.349 e. The number of piperidine rings is 1. The van der Waals surface area contributed by atoms with Crippen LogP contribution in [-0.4, -0.2) is 49.4 Å². The van der Waals surface area contributed by atoms with Crippen molar-refractivity contribution >= 4 is 39.3 Å². The van der Waals surface area contributed by atoms with Crippen LogP contribution in [0.1, 0.15) is 30.1 Å². The van der Waals surface area contributed by atoms with E-state index in [9.17, 15) is 18.0 Å². The van der Waals surface area contributed by atoms with E-state index in [1.165, 1.54) is 35.1 Å². The zero-order valence-corrected chi connectivity index (χ0v) is 19.2. The summed E-state index contributed by atoms with van der Waals surface area (Å²) in [6.45, 7) is 1.98. The Balaban J connectivity index is 1.60. The van der Waals surface area contributed by atoms with Crippen molar-refractivity contribution < 1.29 is 18.0 Å². The first kappa shape index (κ1) is 23.8. The first-order valence-electron chi connectivity index (χ1n) is 10.1. The van der Waals surface area contributed by atoms with E-state index in [0.29, 0.717) is 37.2 Å². The summed E-state index contributed by atoms with van der Waals surface area (Å²) in [4.78, 5) is 24.8. The first-order valence-corrected chi connectivity index (χ1v) is 12.5. The number of amides is 2. The number of benzene rings is 2. The lowest BCUT2D eigenvalue weighted by atomic mass is 10.1. The van der Waals surface area contributed by atoms with E-state index in [4.69, 9.17) is 5.26 Å². The predicted octanol–water partition coefficient (Wildman–Crippen LogP) is 2.84. The number of hydrogen-bond acceptors (Lipinski definition) is 6. The average Bonchev–Trinajstić information content (AvgIpc) is 2.78. The third-order valence-electron chi connectivity index (χ3n) is 5.03. The number of sulfonamides is 1. The maximum absolute atomic E-state index is 12.9. The summed E-state index contributed by atoms with van der Waals surface area (Å²) in [6, 6.07) is 15.1. The molecule has 0 spiro atoms. The number of anilines is 1. The van der Waals surface area contributed by atoms with Gasteiger partial charge in [-0.3, -0.25) is 9.59 Å². The monoisotopic (exact) mass is 472 g/mol. The third-order valence-corrected chi connectivity index (χ3v) is 7.88. The predicted molar refractivity (Wildman–Crippen MR) is 123 cm³/mol. The van der Waals surface area contributed by atoms with E-state index in [0.717, 1.165) is 4.90 Å². The number of nitrogens with zero attached hydrogens (tertiary/aromatic N) is 2. The minimum atomic E-state index is -3.65. The van der Waals surface area contributed by atoms with Crippen LogP contribution >= 0.6 is 11.8 Å². The van der Waals surface area contributed by atoms with Gasteiger partial charge in [-0.15, -0.1) is 11.8 Å². The van der Waals surface area contributed by atoms with E-state index < -0.39 is 10.0 Å². The van der Waals surface area contributed by atoms with Gasteiger partial charge in [-0.1, -0.05) is 12.1 Å². The Kier molecular flexibility index (Phi) is 7.90. The Morgan fingerprint density at radius 1 is 1.12 bits per heavy atom. The van der Waals surface area contributed by atoms with Gasteiger partial charge in [0, 0.05) is 36.6 Å². The van der Waals surface area contributed by atoms with Gasteiger partial charge in [-0.2, -0.15) is 9.57 Å². The lowest BCUT2D eigenvalue weighted by Gasteiger charge is -2.31. The molecule has 1 aliphatic rings. The zero-order chi connectivity index (χ0) is 23.1. The molecular formula is C22H24N4O4S2. The molecule has 1 aliphatic heterocycles. The molecule has 0 radical (unpaired) electrons. The van der Waals surface area contributed by atoms with E-state index in [2.05, 4.69) is 16.7 Å². The summed E-state index contributed by atoms with van der Waals surface area (Å²) in [7, 11) is -3.65. The Labute approximate surface area is 192 Å². The lowest BCUT2D eigenvalue weighted by molar-refractivity contribution is -0.114. The summed E-state index contributed by atoms with van der Waals surface area (Å²) in [6.07, 6.45) is 1.00. The van der Waals surface area contributed by atoms with Crippen molar-refractivity contribution in [2.75, 3.05) is 24.2 Å². The summed E-state index contributed by atoms with van der Waals surface area (Å²) in [5.74, 6) is -0.191.